The number of carbonyl (C=O) groups excluding carboxylic acids is 3. The Bertz CT molecular complexity index is 5730. The lowest BCUT2D eigenvalue weighted by atomic mass is 9.87. The monoisotopic (exact) mass is 2060 g/mol. The number of amides is 1. The molecule has 794 valence electrons. The molecule has 9 aliphatic heterocycles. The molecule has 10 heterocycles. The van der Waals surface area contributed by atoms with E-state index in [-0.39, 0.29) is 53.2 Å². The van der Waals surface area contributed by atoms with Crippen LogP contribution in [0.25, 0.3) is 16.7 Å². The maximum absolute atomic E-state index is 12.2. The highest BCUT2D eigenvalue weighted by molar-refractivity contribution is 7.89. The molecule has 0 radical (unpaired) electrons. The number of piperidine rings is 6. The number of hydrogen-bond donors (Lipinski definition) is 5. The third-order valence-electron chi connectivity index (χ3n) is 28.6. The molecule has 146 heavy (non-hydrogen) atoms. The number of nitro groups is 3. The molecule has 0 saturated carbocycles. The Morgan fingerprint density at radius 3 is 1.34 bits per heavy atom. The second-order valence-electron chi connectivity index (χ2n) is 39.3. The molecule has 1 amide bonds. The Morgan fingerprint density at radius 1 is 0.507 bits per heavy atom. The van der Waals surface area contributed by atoms with Gasteiger partial charge in [-0.15, -0.1) is 0 Å². The molecule has 16 rings (SSSR count). The Labute approximate surface area is 863 Å². The van der Waals surface area contributed by atoms with E-state index in [2.05, 4.69) is 103 Å². The lowest BCUT2D eigenvalue weighted by Crippen LogP contribution is -2.48. The number of halogens is 1. The van der Waals surface area contributed by atoms with Crippen LogP contribution >= 0.6 is 11.6 Å². The predicted molar refractivity (Wildman–Crippen MR) is 568 cm³/mol. The van der Waals surface area contributed by atoms with E-state index in [9.17, 15) is 58.3 Å². The van der Waals surface area contributed by atoms with Crippen molar-refractivity contribution in [1.29, 1.82) is 0 Å². The standard InChI is InChI=1S/C31H41ClN6O4S.C22H31N3O5.C21H29N3O5.C21H33N3O3.C12H14N2O3/c1-42-29-19-23(22-9-15-38(16-10-22)25-11-13-37(14-12-25)17-18-39)7-8-28(29)35-31-33-20-26(32)30(36-31)34-27-6-4-3-5-24(27)21-43(2,40)41;1-22(2,3)30-21(26)24-13-9-18(10-14-24)23-11-7-16(8-12-23)17-5-6-19(25(27)28)20(15-17)29-4;1-16(25)29-14-13-22-9-7-19(8-10-22)23-11-5-17(6-12-23)18-3-4-20(24(26)27)21(15-18)28-2;1-16(25)27-14-13-23-9-7-19(8-10-23)24-11-5-17(6-12-24)18-3-4-20(22)21(15-18)26-2;1-17-12-8-10(2-3-11(12)14(15)16)9-4-6-13-7-5-9/h3-8,19-20,22,25,39H,9-18,21H2,1-2H3,(H2,33,34,35,36);5-7,15,18H,8-14H2,1-4H3;3-5,15,19H,6-14H2,1-2H3;3-4,15,17,19H,5-14,22H2,1-2H3;2-4,8,13H,5-7H2,1H3. The van der Waals surface area contributed by atoms with Crippen LogP contribution in [0, 0.1) is 30.3 Å². The Hall–Kier alpha value is -11.7. The smallest absolute Gasteiger partial charge is 0.410 e. The van der Waals surface area contributed by atoms with E-state index in [1.54, 1.807) is 67.7 Å². The van der Waals surface area contributed by atoms with Crippen LogP contribution in [-0.2, 0) is 39.4 Å². The summed E-state index contributed by atoms with van der Waals surface area (Å²) in [6.07, 6.45) is 25.3. The van der Waals surface area contributed by atoms with E-state index < -0.39 is 30.2 Å². The number of nitrogens with one attached hydrogen (secondary N) is 3. The first-order valence-corrected chi connectivity index (χ1v) is 53.3. The predicted octanol–water partition coefficient (Wildman–Crippen LogP) is 16.1. The van der Waals surface area contributed by atoms with Gasteiger partial charge >= 0.3 is 35.1 Å². The highest BCUT2D eigenvalue weighted by Gasteiger charge is 2.36. The van der Waals surface area contributed by atoms with Gasteiger partial charge in [-0.1, -0.05) is 60.2 Å². The minimum atomic E-state index is -3.23. The first-order valence-electron chi connectivity index (χ1n) is 50.8. The number of aliphatic hydroxyl groups excluding tert-OH is 1. The van der Waals surface area contributed by atoms with Gasteiger partial charge in [-0.05, 0) is 318 Å². The van der Waals surface area contributed by atoms with Crippen LogP contribution in [-0.4, -0.2) is 324 Å². The number of nitro benzene ring substituents is 3. The van der Waals surface area contributed by atoms with Crippen LogP contribution < -0.4 is 45.4 Å². The maximum atomic E-state index is 12.2. The number of β-amino-alcohol motifs (C(OH)–C–C–N with tert-alkyl or cyclic N) is 1. The van der Waals surface area contributed by atoms with Crippen molar-refractivity contribution in [2.45, 2.75) is 178 Å². The van der Waals surface area contributed by atoms with Crippen molar-refractivity contribution >= 4 is 102 Å². The first-order chi connectivity index (χ1) is 70.1. The summed E-state index contributed by atoms with van der Waals surface area (Å²) >= 11 is 6.41. The number of hydrogen-bond acceptors (Lipinski definition) is 33. The molecule has 37 nitrogen and oxygen atoms in total. The first kappa shape index (κ1) is 113. The van der Waals surface area contributed by atoms with Crippen LogP contribution in [0.4, 0.5) is 50.7 Å². The van der Waals surface area contributed by atoms with Crippen molar-refractivity contribution in [2.24, 2.45) is 0 Å². The minimum absolute atomic E-state index is 0.00486. The van der Waals surface area contributed by atoms with Crippen molar-refractivity contribution in [1.82, 2.24) is 54.5 Å². The molecular weight excluding hydrogens is 1910 g/mol. The number of ether oxygens (including phenoxy) is 8. The summed E-state index contributed by atoms with van der Waals surface area (Å²) in [7, 11) is 4.47. The number of methoxy groups -OCH3 is 5. The molecule has 9 aliphatic rings. The summed E-state index contributed by atoms with van der Waals surface area (Å²) in [6, 6.07) is 37.2. The summed E-state index contributed by atoms with van der Waals surface area (Å²) in [5.74, 6) is 3.66. The zero-order chi connectivity index (χ0) is 105. The molecule has 7 aromatic rings. The van der Waals surface area contributed by atoms with Gasteiger partial charge in [0.25, 0.3) is 0 Å². The van der Waals surface area contributed by atoms with Gasteiger partial charge in [0.15, 0.2) is 32.9 Å². The lowest BCUT2D eigenvalue weighted by Gasteiger charge is -2.42. The number of aromatic nitrogens is 2. The van der Waals surface area contributed by atoms with E-state index in [0.29, 0.717) is 113 Å². The van der Waals surface area contributed by atoms with Gasteiger partial charge in [0.2, 0.25) is 5.95 Å². The van der Waals surface area contributed by atoms with Crippen LogP contribution in [0.2, 0.25) is 5.02 Å². The Morgan fingerprint density at radius 2 is 0.932 bits per heavy atom. The second kappa shape index (κ2) is 55.4. The number of likely N-dealkylation sites (tertiary alicyclic amines) is 6. The van der Waals surface area contributed by atoms with Crippen molar-refractivity contribution in [2.75, 3.05) is 215 Å². The fraction of sp³-hybridized carbons (Fsp3) is 0.542. The number of nitrogens with two attached hydrogens (primary N) is 1. The summed E-state index contributed by atoms with van der Waals surface area (Å²) in [4.78, 5) is 93.8. The van der Waals surface area contributed by atoms with Crippen LogP contribution in [0.5, 0.6) is 28.7 Å². The minimum Gasteiger partial charge on any atom is -0.495 e. The van der Waals surface area contributed by atoms with E-state index >= 15 is 0 Å². The maximum Gasteiger partial charge on any atom is 0.410 e. The number of carbonyl (C=O) groups is 3. The highest BCUT2D eigenvalue weighted by Crippen LogP contribution is 2.42. The second-order valence-corrected chi connectivity index (χ2v) is 41.9. The fourth-order valence-electron chi connectivity index (χ4n) is 20.6. The molecule has 0 spiro atoms. The fourth-order valence-corrected chi connectivity index (χ4v) is 21.6. The van der Waals surface area contributed by atoms with Crippen molar-refractivity contribution in [3.8, 4) is 28.7 Å². The van der Waals surface area contributed by atoms with E-state index in [1.165, 1.54) is 132 Å². The molecule has 6 saturated heterocycles. The van der Waals surface area contributed by atoms with Gasteiger partial charge in [-0.3, -0.25) is 59.5 Å². The molecule has 6 aromatic carbocycles. The lowest BCUT2D eigenvalue weighted by molar-refractivity contribution is -0.385. The molecule has 6 fully saturated rings. The highest BCUT2D eigenvalue weighted by atomic mass is 35.5. The van der Waals surface area contributed by atoms with E-state index in [1.807, 2.05) is 45.0 Å². The van der Waals surface area contributed by atoms with Gasteiger partial charge in [0.1, 0.15) is 35.3 Å². The normalized spacial score (nSPS) is 18.3. The number of sulfone groups is 1. The number of benzene rings is 6. The number of anilines is 5. The topological polar surface area (TPSA) is 423 Å². The molecule has 0 atom stereocenters. The van der Waals surface area contributed by atoms with Gasteiger partial charge in [-0.2, -0.15) is 4.98 Å². The molecule has 39 heteroatoms. The number of aliphatic hydroxyl groups is 1. The van der Waals surface area contributed by atoms with E-state index in [0.717, 1.165) is 210 Å². The quantitative estimate of drug-likeness (QED) is 0.00885. The average molecular weight is 2060 g/mol. The van der Waals surface area contributed by atoms with Crippen LogP contribution in [0.15, 0.2) is 140 Å². The number of nitrogens with zero attached hydrogens (tertiary/aromatic N) is 13. The van der Waals surface area contributed by atoms with Crippen LogP contribution in [0.3, 0.4) is 0 Å². The third-order valence-corrected chi connectivity index (χ3v) is 29.8. The molecule has 0 unspecified atom stereocenters. The largest absolute Gasteiger partial charge is 0.495 e. The molecular formula is C107H148ClN17O20S. The zero-order valence-corrected chi connectivity index (χ0v) is 88.0. The third kappa shape index (κ3) is 33.7. The molecule has 0 aliphatic carbocycles. The summed E-state index contributed by atoms with van der Waals surface area (Å²) in [5, 5.41) is 52.1. The number of para-hydroxylation sites is 1. The van der Waals surface area contributed by atoms with Gasteiger partial charge in [0, 0.05) is 134 Å². The Balaban J connectivity index is 0.000000167. The van der Waals surface area contributed by atoms with Gasteiger partial charge in [0.05, 0.1) is 80.3 Å². The van der Waals surface area contributed by atoms with Crippen LogP contribution in [0.1, 0.15) is 176 Å². The SMILES string of the molecule is COc1cc(C2=CCN(C3CCN(C(=O)OC(C)(C)C)CC3)CC2)ccc1[N+](=O)[O-].COc1cc(C2=CCN(C3CCN(CCOC(C)=O)CC3)CC2)ccc1[N+](=O)[O-].COc1cc(C2=CCNCC2)ccc1[N+](=O)[O-].COc1cc(C2CCN(C3CCN(CCO)CC3)CC2)ccc1Nc1ncc(Cl)c(Nc2ccccc2CS(C)(=O)=O)n1.COc1cc(C2CCN(C3CCN(CCOC(C)=O)CC3)CC2)ccc1N. The molecule has 6 N–H and O–H groups in total. The molecule has 0 bridgehead atoms. The van der Waals surface area contributed by atoms with E-state index in [4.69, 9.17) is 55.2 Å². The number of nitrogen functional groups attached to an aromatic ring is 1. The number of esters is 2. The van der Waals surface area contributed by atoms with Crippen molar-refractivity contribution in [3.05, 3.63) is 208 Å². The summed E-state index contributed by atoms with van der Waals surface area (Å²) in [5.41, 5.74) is 17.3. The number of rotatable bonds is 31. The van der Waals surface area contributed by atoms with Gasteiger partial charge in [-0.25, -0.2) is 18.2 Å². The summed E-state index contributed by atoms with van der Waals surface area (Å²) in [6.45, 7) is 30.0. The van der Waals surface area contributed by atoms with Gasteiger partial charge < -0.3 is 84.3 Å². The molecule has 1 aromatic heterocycles. The Kier molecular flexibility index (Phi) is 42.9. The summed E-state index contributed by atoms with van der Waals surface area (Å²) < 4.78 is 66.0. The average Bonchev–Trinajstić information content (AvgIpc) is 0.676. The van der Waals surface area contributed by atoms with Crippen molar-refractivity contribution in [3.63, 3.8) is 0 Å². The zero-order valence-electron chi connectivity index (χ0n) is 86.4. The van der Waals surface area contributed by atoms with Crippen molar-refractivity contribution < 1.29 is 80.6 Å².